The van der Waals surface area contributed by atoms with E-state index in [2.05, 4.69) is 0 Å². The number of para-hydroxylation sites is 1. The fourth-order valence-corrected chi connectivity index (χ4v) is 4.89. The second-order valence-corrected chi connectivity index (χ2v) is 7.68. The summed E-state index contributed by atoms with van der Waals surface area (Å²) in [6.45, 7) is 6.14. The first-order chi connectivity index (χ1) is 13.8. The Bertz CT molecular complexity index is 1010. The number of esters is 1. The van der Waals surface area contributed by atoms with Crippen molar-refractivity contribution in [2.24, 2.45) is 10.8 Å². The molecule has 1 aliphatic carbocycles. The zero-order valence-electron chi connectivity index (χ0n) is 16.6. The van der Waals surface area contributed by atoms with Gasteiger partial charge in [0.15, 0.2) is 11.2 Å². The average Bonchev–Trinajstić information content (AvgIpc) is 3.32. The molecule has 150 valence electrons. The molecule has 0 N–H and O–H groups in total. The molecule has 0 spiro atoms. The Labute approximate surface area is 168 Å². The van der Waals surface area contributed by atoms with E-state index in [1.165, 1.54) is 24.3 Å². The molecule has 1 amide bonds. The third-order valence-electron chi connectivity index (χ3n) is 6.47. The summed E-state index contributed by atoms with van der Waals surface area (Å²) in [5, 5.41) is 0. The van der Waals surface area contributed by atoms with Crippen LogP contribution in [0.3, 0.4) is 0 Å². The van der Waals surface area contributed by atoms with Crippen LogP contribution in [0.2, 0.25) is 0 Å². The highest BCUT2D eigenvalue weighted by Gasteiger charge is 2.88. The Morgan fingerprint density at radius 3 is 2.31 bits per heavy atom. The topological polar surface area (TPSA) is 63.7 Å². The van der Waals surface area contributed by atoms with Crippen LogP contribution in [0.15, 0.2) is 48.5 Å². The molecule has 1 fully saturated rings. The minimum Gasteiger partial charge on any atom is -0.425 e. The summed E-state index contributed by atoms with van der Waals surface area (Å²) < 4.78 is 18.9. The van der Waals surface area contributed by atoms with Gasteiger partial charge in [-0.3, -0.25) is 14.4 Å². The minimum atomic E-state index is -1.61. The van der Waals surface area contributed by atoms with Crippen LogP contribution in [-0.2, 0) is 9.59 Å². The maximum atomic E-state index is 13.6. The predicted molar refractivity (Wildman–Crippen MR) is 104 cm³/mol. The number of Topliss-reactive ketones (excluding diaryl/α,β-unsaturated/α-hetero) is 1. The molecule has 0 aromatic heterocycles. The molecule has 29 heavy (non-hydrogen) atoms. The highest BCUT2D eigenvalue weighted by molar-refractivity contribution is 6.21. The normalized spacial score (nSPS) is 26.8. The van der Waals surface area contributed by atoms with Gasteiger partial charge < -0.3 is 9.64 Å². The third kappa shape index (κ3) is 2.35. The second-order valence-electron chi connectivity index (χ2n) is 7.68. The van der Waals surface area contributed by atoms with Crippen LogP contribution in [0.25, 0.3) is 0 Å². The fraction of sp³-hybridized carbons (Fsp3) is 0.348. The summed E-state index contributed by atoms with van der Waals surface area (Å²) in [4.78, 5) is 41.9. The van der Waals surface area contributed by atoms with Gasteiger partial charge in [-0.05, 0) is 51.1 Å². The van der Waals surface area contributed by atoms with Crippen LogP contribution < -0.4 is 4.74 Å². The van der Waals surface area contributed by atoms with E-state index in [1.807, 2.05) is 13.8 Å². The molecule has 5 nitrogen and oxygen atoms in total. The van der Waals surface area contributed by atoms with Crippen molar-refractivity contribution < 1.29 is 23.5 Å². The van der Waals surface area contributed by atoms with E-state index >= 15 is 0 Å². The maximum Gasteiger partial charge on any atom is 0.328 e. The molecule has 0 bridgehead atoms. The van der Waals surface area contributed by atoms with Crippen molar-refractivity contribution in [3.05, 3.63) is 65.5 Å². The Balaban J connectivity index is 1.90. The van der Waals surface area contributed by atoms with Gasteiger partial charge in [0.25, 0.3) is 0 Å². The zero-order valence-corrected chi connectivity index (χ0v) is 16.6. The van der Waals surface area contributed by atoms with Gasteiger partial charge in [0.1, 0.15) is 11.6 Å². The number of hydrogen-bond donors (Lipinski definition) is 0. The first-order valence-electron chi connectivity index (χ1n) is 9.74. The largest absolute Gasteiger partial charge is 0.425 e. The van der Waals surface area contributed by atoms with Crippen LogP contribution in [0, 0.1) is 16.6 Å². The molecule has 6 heteroatoms. The Morgan fingerprint density at radius 2 is 1.69 bits per heavy atom. The summed E-state index contributed by atoms with van der Waals surface area (Å²) in [5.74, 6) is -2.17. The summed E-state index contributed by atoms with van der Waals surface area (Å²) in [7, 11) is 0. The van der Waals surface area contributed by atoms with E-state index in [4.69, 9.17) is 4.74 Å². The quantitative estimate of drug-likeness (QED) is 0.336. The molecule has 0 unspecified atom stereocenters. The summed E-state index contributed by atoms with van der Waals surface area (Å²) >= 11 is 0. The number of rotatable bonds is 5. The van der Waals surface area contributed by atoms with Gasteiger partial charge in [-0.2, -0.15) is 0 Å². The lowest BCUT2D eigenvalue weighted by atomic mass is 9.86. The number of ether oxygens (including phenoxy) is 1. The molecule has 1 aliphatic heterocycles. The summed E-state index contributed by atoms with van der Waals surface area (Å²) in [5.41, 5.74) is -1.99. The van der Waals surface area contributed by atoms with Gasteiger partial charge >= 0.3 is 5.97 Å². The van der Waals surface area contributed by atoms with E-state index in [0.29, 0.717) is 24.4 Å². The fourth-order valence-electron chi connectivity index (χ4n) is 4.89. The number of ketones is 1. The molecule has 2 aromatic carbocycles. The van der Waals surface area contributed by atoms with Crippen molar-refractivity contribution in [3.63, 3.8) is 0 Å². The molecule has 3 atom stereocenters. The van der Waals surface area contributed by atoms with Gasteiger partial charge in [0, 0.05) is 30.1 Å². The maximum absolute atomic E-state index is 13.6. The number of halogens is 1. The SMILES string of the molecule is CCN(CC)C(=O)[C@]12C(=O)Oc3ccccc3[C@H]1[C@]2(C)C(=O)c1ccc(F)cc1. The number of carbonyl (C=O) groups is 3. The standard InChI is InChI=1S/C23H22FNO4/c1-4-25(5-2)20(27)23-18(16-8-6-7-9-17(16)29-21(23)28)22(23,3)19(26)14-10-12-15(24)13-11-14/h6-13,18H,4-5H2,1-3H3/t18-,22+,23-/m0/s1. The van der Waals surface area contributed by atoms with Crippen molar-refractivity contribution in [1.29, 1.82) is 0 Å². The van der Waals surface area contributed by atoms with Crippen LogP contribution in [-0.4, -0.2) is 35.6 Å². The second kappa shape index (κ2) is 6.51. The van der Waals surface area contributed by atoms with E-state index in [0.717, 1.165) is 0 Å². The van der Waals surface area contributed by atoms with Gasteiger partial charge in [0.2, 0.25) is 5.91 Å². The van der Waals surface area contributed by atoms with Gasteiger partial charge in [-0.15, -0.1) is 0 Å². The predicted octanol–water partition coefficient (Wildman–Crippen LogP) is 3.59. The highest BCUT2D eigenvalue weighted by atomic mass is 19.1. The Hall–Kier alpha value is -3.02. The molecule has 1 saturated carbocycles. The van der Waals surface area contributed by atoms with Crippen molar-refractivity contribution in [3.8, 4) is 5.75 Å². The number of hydrogen-bond acceptors (Lipinski definition) is 4. The number of fused-ring (bicyclic) bond motifs is 3. The van der Waals surface area contributed by atoms with Gasteiger partial charge in [-0.1, -0.05) is 18.2 Å². The first-order valence-corrected chi connectivity index (χ1v) is 9.74. The first kappa shape index (κ1) is 19.3. The smallest absolute Gasteiger partial charge is 0.328 e. The lowest BCUT2D eigenvalue weighted by molar-refractivity contribution is -0.154. The summed E-state index contributed by atoms with van der Waals surface area (Å²) in [6, 6.07) is 12.2. The van der Waals surface area contributed by atoms with E-state index in [9.17, 15) is 18.8 Å². The molecule has 2 aromatic rings. The molecule has 4 rings (SSSR count). The lowest BCUT2D eigenvalue weighted by Gasteiger charge is -2.28. The molecular formula is C23H22FNO4. The lowest BCUT2D eigenvalue weighted by Crippen LogP contribution is -2.47. The van der Waals surface area contributed by atoms with Crippen molar-refractivity contribution in [1.82, 2.24) is 4.90 Å². The molecule has 1 heterocycles. The number of amides is 1. The summed E-state index contributed by atoms with van der Waals surface area (Å²) in [6.07, 6.45) is 0. The third-order valence-corrected chi connectivity index (χ3v) is 6.47. The van der Waals surface area contributed by atoms with E-state index in [-0.39, 0.29) is 11.3 Å². The Morgan fingerprint density at radius 1 is 1.07 bits per heavy atom. The molecule has 0 radical (unpaired) electrons. The van der Waals surface area contributed by atoms with Gasteiger partial charge in [-0.25, -0.2) is 4.39 Å². The zero-order chi connectivity index (χ0) is 21.0. The number of nitrogens with zero attached hydrogens (tertiary/aromatic N) is 1. The number of carbonyl (C=O) groups excluding carboxylic acids is 3. The molecule has 0 saturated heterocycles. The van der Waals surface area contributed by atoms with Crippen LogP contribution in [0.1, 0.15) is 42.6 Å². The van der Waals surface area contributed by atoms with Crippen molar-refractivity contribution in [2.75, 3.05) is 13.1 Å². The monoisotopic (exact) mass is 395 g/mol. The molecule has 2 aliphatic rings. The van der Waals surface area contributed by atoms with E-state index in [1.54, 1.807) is 36.1 Å². The average molecular weight is 395 g/mol. The minimum absolute atomic E-state index is 0.264. The molecular weight excluding hydrogens is 373 g/mol. The highest BCUT2D eigenvalue weighted by Crippen LogP contribution is 2.78. The van der Waals surface area contributed by atoms with Crippen LogP contribution in [0.4, 0.5) is 4.39 Å². The van der Waals surface area contributed by atoms with Crippen molar-refractivity contribution in [2.45, 2.75) is 26.7 Å². The van der Waals surface area contributed by atoms with Gasteiger partial charge in [0.05, 0.1) is 5.41 Å². The van der Waals surface area contributed by atoms with Crippen LogP contribution in [0.5, 0.6) is 5.75 Å². The van der Waals surface area contributed by atoms with Crippen molar-refractivity contribution >= 4 is 17.7 Å². The number of benzene rings is 2. The Kier molecular flexibility index (Phi) is 4.33. The van der Waals surface area contributed by atoms with Crippen LogP contribution >= 0.6 is 0 Å². The van der Waals surface area contributed by atoms with E-state index < -0.39 is 34.4 Å².